The molecule has 0 radical (unpaired) electrons. The highest BCUT2D eigenvalue weighted by molar-refractivity contribution is 7.07. The molecule has 118 valence electrons. The molecule has 1 aliphatic heterocycles. The van der Waals surface area contributed by atoms with Gasteiger partial charge in [0.05, 0.1) is 36.6 Å². The van der Waals surface area contributed by atoms with Crippen LogP contribution in [0.25, 0.3) is 0 Å². The van der Waals surface area contributed by atoms with Crippen molar-refractivity contribution in [1.82, 2.24) is 20.3 Å². The average Bonchev–Trinajstić information content (AvgIpc) is 3.17. The first kappa shape index (κ1) is 15.1. The highest BCUT2D eigenvalue weighted by Gasteiger charge is 2.29. The number of aromatic nitrogens is 3. The Kier molecular flexibility index (Phi) is 4.81. The van der Waals surface area contributed by atoms with Gasteiger partial charge in [0.2, 0.25) is 0 Å². The number of carbonyl (C=O) groups is 1. The normalized spacial score (nSPS) is 21.7. The third kappa shape index (κ3) is 3.70. The Labute approximate surface area is 132 Å². The van der Waals surface area contributed by atoms with Crippen molar-refractivity contribution in [2.24, 2.45) is 0 Å². The molecule has 0 unspecified atom stereocenters. The molecule has 0 bridgehead atoms. The standard InChI is InChI=1S/C14H18N4O3S/c1-9-4-15-13(17-9)14(19)18-11-6-20-3-2-12(11)21-5-10-7-22-8-16-10/h4,7-8,11-12H,2-3,5-6H2,1H3,(H,15,17)(H,18,19)/t11-,12+/m1/s1. The molecule has 0 spiro atoms. The number of H-pyrrole nitrogens is 1. The maximum atomic E-state index is 12.2. The van der Waals surface area contributed by atoms with E-state index in [4.69, 9.17) is 9.47 Å². The van der Waals surface area contributed by atoms with Gasteiger partial charge in [0, 0.05) is 23.9 Å². The second kappa shape index (κ2) is 6.99. The fraction of sp³-hybridized carbons (Fsp3) is 0.500. The van der Waals surface area contributed by atoms with Gasteiger partial charge in [-0.2, -0.15) is 0 Å². The summed E-state index contributed by atoms with van der Waals surface area (Å²) >= 11 is 1.54. The summed E-state index contributed by atoms with van der Waals surface area (Å²) in [7, 11) is 0. The number of carbonyl (C=O) groups excluding carboxylic acids is 1. The minimum absolute atomic E-state index is 0.0875. The summed E-state index contributed by atoms with van der Waals surface area (Å²) in [6.07, 6.45) is 2.28. The summed E-state index contributed by atoms with van der Waals surface area (Å²) in [5.74, 6) is 0.0622. The first-order valence-electron chi connectivity index (χ1n) is 7.11. The number of ether oxygens (including phenoxy) is 2. The zero-order valence-corrected chi connectivity index (χ0v) is 13.1. The molecule has 3 heterocycles. The number of thiazole rings is 1. The number of hydrogen-bond donors (Lipinski definition) is 2. The number of rotatable bonds is 5. The van der Waals surface area contributed by atoms with Crippen LogP contribution in [0.15, 0.2) is 17.1 Å². The van der Waals surface area contributed by atoms with Gasteiger partial charge in [0.15, 0.2) is 5.82 Å². The maximum Gasteiger partial charge on any atom is 0.287 e. The fourth-order valence-electron chi connectivity index (χ4n) is 2.32. The van der Waals surface area contributed by atoms with E-state index in [1.54, 1.807) is 11.7 Å². The lowest BCUT2D eigenvalue weighted by Crippen LogP contribution is -2.50. The molecule has 1 aliphatic rings. The van der Waals surface area contributed by atoms with Gasteiger partial charge >= 0.3 is 0 Å². The Hall–Kier alpha value is -1.77. The van der Waals surface area contributed by atoms with Crippen LogP contribution in [-0.2, 0) is 16.1 Å². The molecule has 0 aromatic carbocycles. The summed E-state index contributed by atoms with van der Waals surface area (Å²) in [6, 6.07) is -0.190. The zero-order chi connectivity index (χ0) is 15.4. The predicted molar refractivity (Wildman–Crippen MR) is 80.7 cm³/mol. The van der Waals surface area contributed by atoms with Crippen molar-refractivity contribution >= 4 is 17.2 Å². The highest BCUT2D eigenvalue weighted by atomic mass is 32.1. The highest BCUT2D eigenvalue weighted by Crippen LogP contribution is 2.15. The van der Waals surface area contributed by atoms with Crippen molar-refractivity contribution in [3.05, 3.63) is 34.3 Å². The molecule has 0 saturated carbocycles. The number of nitrogens with zero attached hydrogens (tertiary/aromatic N) is 2. The predicted octanol–water partition coefficient (Wildman–Crippen LogP) is 1.28. The van der Waals surface area contributed by atoms with Gasteiger partial charge in [-0.3, -0.25) is 4.79 Å². The van der Waals surface area contributed by atoms with Crippen molar-refractivity contribution in [2.75, 3.05) is 13.2 Å². The van der Waals surface area contributed by atoms with Crippen LogP contribution in [0.2, 0.25) is 0 Å². The smallest absolute Gasteiger partial charge is 0.287 e. The molecule has 0 aliphatic carbocycles. The molecule has 8 heteroatoms. The molecule has 2 atom stereocenters. The number of aryl methyl sites for hydroxylation is 1. The Bertz CT molecular complexity index is 613. The molecule has 22 heavy (non-hydrogen) atoms. The van der Waals surface area contributed by atoms with E-state index >= 15 is 0 Å². The first-order valence-corrected chi connectivity index (χ1v) is 8.05. The van der Waals surface area contributed by atoms with E-state index in [0.717, 1.165) is 17.8 Å². The van der Waals surface area contributed by atoms with Crippen molar-refractivity contribution in [1.29, 1.82) is 0 Å². The van der Waals surface area contributed by atoms with E-state index in [1.165, 1.54) is 11.3 Å². The van der Waals surface area contributed by atoms with Crippen LogP contribution < -0.4 is 5.32 Å². The van der Waals surface area contributed by atoms with E-state index < -0.39 is 0 Å². The molecule has 1 saturated heterocycles. The van der Waals surface area contributed by atoms with Crippen molar-refractivity contribution in [3.8, 4) is 0 Å². The summed E-state index contributed by atoms with van der Waals surface area (Å²) in [6.45, 7) is 3.37. The molecule has 2 aromatic rings. The van der Waals surface area contributed by atoms with Crippen LogP contribution in [0.5, 0.6) is 0 Å². The SMILES string of the molecule is Cc1cnc(C(=O)N[C@@H]2COCC[C@@H]2OCc2cscn2)[nH]1. The van der Waals surface area contributed by atoms with Gasteiger partial charge in [0.1, 0.15) is 0 Å². The summed E-state index contributed by atoms with van der Waals surface area (Å²) in [5.41, 5.74) is 3.53. The molecule has 2 N–H and O–H groups in total. The summed E-state index contributed by atoms with van der Waals surface area (Å²) in [5, 5.41) is 4.89. The monoisotopic (exact) mass is 322 g/mol. The Morgan fingerprint density at radius 3 is 3.23 bits per heavy atom. The van der Waals surface area contributed by atoms with E-state index in [-0.39, 0.29) is 18.1 Å². The quantitative estimate of drug-likeness (QED) is 0.865. The van der Waals surface area contributed by atoms with Crippen LogP contribution >= 0.6 is 11.3 Å². The Morgan fingerprint density at radius 1 is 1.59 bits per heavy atom. The van der Waals surface area contributed by atoms with Crippen LogP contribution in [0, 0.1) is 6.92 Å². The maximum absolute atomic E-state index is 12.2. The second-order valence-corrected chi connectivity index (χ2v) is 5.91. The summed E-state index contributed by atoms with van der Waals surface area (Å²) < 4.78 is 11.4. The molecule has 1 fully saturated rings. The lowest BCUT2D eigenvalue weighted by atomic mass is 10.1. The fourth-order valence-corrected chi connectivity index (χ4v) is 2.86. The number of nitrogens with one attached hydrogen (secondary N) is 2. The van der Waals surface area contributed by atoms with Gasteiger partial charge in [-0.25, -0.2) is 9.97 Å². The molecular formula is C14H18N4O3S. The average molecular weight is 322 g/mol. The lowest BCUT2D eigenvalue weighted by Gasteiger charge is -2.31. The van der Waals surface area contributed by atoms with Gasteiger partial charge in [0.25, 0.3) is 5.91 Å². The molecular weight excluding hydrogens is 304 g/mol. The van der Waals surface area contributed by atoms with Crippen LogP contribution in [0.4, 0.5) is 0 Å². The van der Waals surface area contributed by atoms with Gasteiger partial charge in [-0.1, -0.05) is 0 Å². The van der Waals surface area contributed by atoms with Crippen molar-refractivity contribution in [2.45, 2.75) is 32.1 Å². The lowest BCUT2D eigenvalue weighted by molar-refractivity contribution is -0.0612. The third-order valence-electron chi connectivity index (χ3n) is 3.46. The van der Waals surface area contributed by atoms with Crippen LogP contribution in [-0.4, -0.2) is 46.2 Å². The van der Waals surface area contributed by atoms with Crippen molar-refractivity contribution in [3.63, 3.8) is 0 Å². The minimum Gasteiger partial charge on any atom is -0.379 e. The third-order valence-corrected chi connectivity index (χ3v) is 4.09. The number of imidazole rings is 1. The molecule has 3 rings (SSSR count). The first-order chi connectivity index (χ1) is 10.7. The van der Waals surface area contributed by atoms with Gasteiger partial charge < -0.3 is 19.8 Å². The number of aromatic amines is 1. The van der Waals surface area contributed by atoms with Crippen molar-refractivity contribution < 1.29 is 14.3 Å². The zero-order valence-electron chi connectivity index (χ0n) is 12.2. The second-order valence-electron chi connectivity index (χ2n) is 5.19. The summed E-state index contributed by atoms with van der Waals surface area (Å²) in [4.78, 5) is 23.3. The van der Waals surface area contributed by atoms with E-state index in [1.807, 2.05) is 12.3 Å². The van der Waals surface area contributed by atoms with E-state index in [9.17, 15) is 4.79 Å². The van der Waals surface area contributed by atoms with Crippen LogP contribution in [0.3, 0.4) is 0 Å². The number of amides is 1. The largest absolute Gasteiger partial charge is 0.379 e. The molecule has 1 amide bonds. The Morgan fingerprint density at radius 2 is 2.50 bits per heavy atom. The minimum atomic E-state index is -0.245. The number of hydrogen-bond acceptors (Lipinski definition) is 6. The molecule has 2 aromatic heterocycles. The molecule has 7 nitrogen and oxygen atoms in total. The van der Waals surface area contributed by atoms with Gasteiger partial charge in [-0.05, 0) is 13.3 Å². The Balaban J connectivity index is 1.58. The van der Waals surface area contributed by atoms with Gasteiger partial charge in [-0.15, -0.1) is 11.3 Å². The van der Waals surface area contributed by atoms with Crippen LogP contribution in [0.1, 0.15) is 28.4 Å². The van der Waals surface area contributed by atoms with E-state index in [0.29, 0.717) is 25.6 Å². The topological polar surface area (TPSA) is 89.1 Å². The van der Waals surface area contributed by atoms with E-state index in [2.05, 4.69) is 20.3 Å².